The van der Waals surface area contributed by atoms with Gasteiger partial charge in [0.2, 0.25) is 0 Å². The quantitative estimate of drug-likeness (QED) is 0.901. The van der Waals surface area contributed by atoms with E-state index in [-0.39, 0.29) is 5.91 Å². The number of nitrogens with zero attached hydrogens (tertiary/aromatic N) is 1. The van der Waals surface area contributed by atoms with Crippen LogP contribution in [-0.2, 0) is 0 Å². The maximum Gasteiger partial charge on any atom is 0.252 e. The highest BCUT2D eigenvalue weighted by molar-refractivity contribution is 6.33. The van der Waals surface area contributed by atoms with Crippen LogP contribution in [0.15, 0.2) is 48.5 Å². The van der Waals surface area contributed by atoms with E-state index in [1.165, 1.54) is 0 Å². The van der Waals surface area contributed by atoms with Crippen molar-refractivity contribution in [3.05, 3.63) is 59.1 Å². The molecule has 1 saturated heterocycles. The summed E-state index contributed by atoms with van der Waals surface area (Å²) in [5, 5.41) is 3.48. The number of methoxy groups -OCH3 is 1. The normalized spacial score (nSPS) is 16.9. The first-order chi connectivity index (χ1) is 11.7. The summed E-state index contributed by atoms with van der Waals surface area (Å²) in [7, 11) is 1.69. The lowest BCUT2D eigenvalue weighted by Crippen LogP contribution is -2.31. The molecule has 1 amide bonds. The molecule has 0 bridgehead atoms. The van der Waals surface area contributed by atoms with E-state index in [9.17, 15) is 4.79 Å². The SMILES string of the molecule is COc1ccccc1N1CC[C@@H](CNC(=O)c2ccccc2Cl)C1. The zero-order chi connectivity index (χ0) is 16.9. The Labute approximate surface area is 147 Å². The van der Waals surface area contributed by atoms with Crippen LogP contribution >= 0.6 is 11.6 Å². The summed E-state index contributed by atoms with van der Waals surface area (Å²) >= 11 is 6.07. The average Bonchev–Trinajstić information content (AvgIpc) is 3.09. The molecule has 0 radical (unpaired) electrons. The van der Waals surface area contributed by atoms with Crippen LogP contribution in [0.3, 0.4) is 0 Å². The number of carbonyl (C=O) groups excluding carboxylic acids is 1. The van der Waals surface area contributed by atoms with Crippen molar-refractivity contribution in [2.45, 2.75) is 6.42 Å². The fourth-order valence-corrected chi connectivity index (χ4v) is 3.31. The van der Waals surface area contributed by atoms with Gasteiger partial charge in [-0.3, -0.25) is 4.79 Å². The summed E-state index contributed by atoms with van der Waals surface area (Å²) in [6.45, 7) is 2.52. The van der Waals surface area contributed by atoms with Crippen LogP contribution in [0, 0.1) is 5.92 Å². The lowest BCUT2D eigenvalue weighted by molar-refractivity contribution is 0.0948. The van der Waals surface area contributed by atoms with Crippen LogP contribution in [0.4, 0.5) is 5.69 Å². The van der Waals surface area contributed by atoms with E-state index in [2.05, 4.69) is 16.3 Å². The Morgan fingerprint density at radius 3 is 2.79 bits per heavy atom. The largest absolute Gasteiger partial charge is 0.495 e. The second kappa shape index (κ2) is 7.58. The van der Waals surface area contributed by atoms with Gasteiger partial charge in [0, 0.05) is 19.6 Å². The summed E-state index contributed by atoms with van der Waals surface area (Å²) in [5.41, 5.74) is 1.64. The van der Waals surface area contributed by atoms with Gasteiger partial charge in [-0.1, -0.05) is 35.9 Å². The average molecular weight is 345 g/mol. The topological polar surface area (TPSA) is 41.6 Å². The van der Waals surface area contributed by atoms with Crippen molar-refractivity contribution in [2.75, 3.05) is 31.6 Å². The summed E-state index contributed by atoms with van der Waals surface area (Å²) in [5.74, 6) is 1.19. The fourth-order valence-electron chi connectivity index (χ4n) is 3.09. The molecule has 0 unspecified atom stereocenters. The van der Waals surface area contributed by atoms with Crippen LogP contribution < -0.4 is 15.0 Å². The molecule has 0 aromatic heterocycles. The molecule has 0 saturated carbocycles. The predicted molar refractivity (Wildman–Crippen MR) is 97.1 cm³/mol. The third kappa shape index (κ3) is 3.65. The zero-order valence-electron chi connectivity index (χ0n) is 13.7. The Bertz CT molecular complexity index is 720. The van der Waals surface area contributed by atoms with Gasteiger partial charge in [0.15, 0.2) is 0 Å². The van der Waals surface area contributed by atoms with Gasteiger partial charge >= 0.3 is 0 Å². The van der Waals surface area contributed by atoms with E-state index < -0.39 is 0 Å². The Hall–Kier alpha value is -2.20. The van der Waals surface area contributed by atoms with E-state index in [0.29, 0.717) is 23.0 Å². The first-order valence-corrected chi connectivity index (χ1v) is 8.47. The molecule has 1 fully saturated rings. The third-order valence-corrected chi connectivity index (χ3v) is 4.71. The number of benzene rings is 2. The van der Waals surface area contributed by atoms with Crippen LogP contribution in [0.25, 0.3) is 0 Å². The standard InChI is InChI=1S/C19H21ClN2O2/c1-24-18-9-5-4-8-17(18)22-11-10-14(13-22)12-21-19(23)15-6-2-3-7-16(15)20/h2-9,14H,10-13H2,1H3,(H,21,23)/t14-/m0/s1. The molecule has 24 heavy (non-hydrogen) atoms. The number of nitrogens with one attached hydrogen (secondary N) is 1. The number of rotatable bonds is 5. The van der Waals surface area contributed by atoms with E-state index in [1.807, 2.05) is 30.3 Å². The summed E-state index contributed by atoms with van der Waals surface area (Å²) in [6.07, 6.45) is 1.04. The van der Waals surface area contributed by atoms with Gasteiger partial charge < -0.3 is 15.0 Å². The molecular weight excluding hydrogens is 324 g/mol. The van der Waals surface area contributed by atoms with Crippen LogP contribution in [-0.4, -0.2) is 32.7 Å². The third-order valence-electron chi connectivity index (χ3n) is 4.38. The molecular formula is C19H21ClN2O2. The van der Waals surface area contributed by atoms with Crippen molar-refractivity contribution in [1.29, 1.82) is 0 Å². The molecule has 1 atom stereocenters. The number of amides is 1. The van der Waals surface area contributed by atoms with E-state index in [4.69, 9.17) is 16.3 Å². The van der Waals surface area contributed by atoms with Gasteiger partial charge in [-0.15, -0.1) is 0 Å². The molecule has 1 aliphatic heterocycles. The van der Waals surface area contributed by atoms with E-state index in [0.717, 1.165) is 30.9 Å². The van der Waals surface area contributed by atoms with Crippen molar-refractivity contribution in [3.8, 4) is 5.75 Å². The number of hydrogen-bond donors (Lipinski definition) is 1. The van der Waals surface area contributed by atoms with Gasteiger partial charge in [0.25, 0.3) is 5.91 Å². The van der Waals surface area contributed by atoms with Crippen molar-refractivity contribution >= 4 is 23.2 Å². The first-order valence-electron chi connectivity index (χ1n) is 8.09. The summed E-state index contributed by atoms with van der Waals surface area (Å²) in [6, 6.07) is 15.2. The maximum absolute atomic E-state index is 12.2. The molecule has 0 spiro atoms. The second-order valence-corrected chi connectivity index (χ2v) is 6.37. The molecule has 126 valence electrons. The Balaban J connectivity index is 1.57. The highest BCUT2D eigenvalue weighted by atomic mass is 35.5. The van der Waals surface area contributed by atoms with E-state index in [1.54, 1.807) is 19.2 Å². The molecule has 5 heteroatoms. The van der Waals surface area contributed by atoms with Gasteiger partial charge in [-0.25, -0.2) is 0 Å². The number of hydrogen-bond acceptors (Lipinski definition) is 3. The Morgan fingerprint density at radius 1 is 1.25 bits per heavy atom. The molecule has 3 rings (SSSR count). The van der Waals surface area contributed by atoms with Crippen LogP contribution in [0.5, 0.6) is 5.75 Å². The van der Waals surface area contributed by atoms with Gasteiger partial charge in [0.1, 0.15) is 5.75 Å². The maximum atomic E-state index is 12.2. The van der Waals surface area contributed by atoms with Gasteiger partial charge in [0.05, 0.1) is 23.4 Å². The molecule has 1 heterocycles. The van der Waals surface area contributed by atoms with Crippen molar-refractivity contribution in [3.63, 3.8) is 0 Å². The minimum absolute atomic E-state index is 0.114. The van der Waals surface area contributed by atoms with Crippen molar-refractivity contribution in [1.82, 2.24) is 5.32 Å². The molecule has 1 N–H and O–H groups in total. The van der Waals surface area contributed by atoms with Crippen molar-refractivity contribution < 1.29 is 9.53 Å². The zero-order valence-corrected chi connectivity index (χ0v) is 14.4. The number of ether oxygens (including phenoxy) is 1. The molecule has 4 nitrogen and oxygen atoms in total. The van der Waals surface area contributed by atoms with E-state index >= 15 is 0 Å². The minimum atomic E-state index is -0.114. The smallest absolute Gasteiger partial charge is 0.252 e. The van der Waals surface area contributed by atoms with Gasteiger partial charge in [-0.2, -0.15) is 0 Å². The summed E-state index contributed by atoms with van der Waals surface area (Å²) < 4.78 is 5.44. The second-order valence-electron chi connectivity index (χ2n) is 5.96. The Morgan fingerprint density at radius 2 is 2.00 bits per heavy atom. The number of para-hydroxylation sites is 2. The van der Waals surface area contributed by atoms with Crippen molar-refractivity contribution in [2.24, 2.45) is 5.92 Å². The fraction of sp³-hybridized carbons (Fsp3) is 0.316. The molecule has 2 aromatic carbocycles. The lowest BCUT2D eigenvalue weighted by atomic mass is 10.1. The first kappa shape index (κ1) is 16.7. The molecule has 0 aliphatic carbocycles. The monoisotopic (exact) mass is 344 g/mol. The number of anilines is 1. The Kier molecular flexibility index (Phi) is 5.26. The minimum Gasteiger partial charge on any atom is -0.495 e. The summed E-state index contributed by atoms with van der Waals surface area (Å²) in [4.78, 5) is 14.6. The van der Waals surface area contributed by atoms with Crippen LogP contribution in [0.2, 0.25) is 5.02 Å². The predicted octanol–water partition coefficient (Wildman–Crippen LogP) is 3.60. The highest BCUT2D eigenvalue weighted by Gasteiger charge is 2.25. The number of halogens is 1. The number of carbonyl (C=O) groups is 1. The lowest BCUT2D eigenvalue weighted by Gasteiger charge is -2.21. The molecule has 1 aliphatic rings. The van der Waals surface area contributed by atoms with Crippen LogP contribution in [0.1, 0.15) is 16.8 Å². The highest BCUT2D eigenvalue weighted by Crippen LogP contribution is 2.31. The molecule has 2 aromatic rings. The van der Waals surface area contributed by atoms with Gasteiger partial charge in [-0.05, 0) is 36.6 Å².